The Kier molecular flexibility index (Phi) is 11.8. The van der Waals surface area contributed by atoms with Crippen molar-refractivity contribution in [1.82, 2.24) is 14.8 Å². The van der Waals surface area contributed by atoms with Crippen molar-refractivity contribution < 1.29 is 22.4 Å². The van der Waals surface area contributed by atoms with Crippen LogP contribution in [0, 0.1) is 11.6 Å². The fourth-order valence-electron chi connectivity index (χ4n) is 3.95. The second kappa shape index (κ2) is 14.8. The van der Waals surface area contributed by atoms with Crippen LogP contribution in [0.5, 0.6) is 0 Å². The van der Waals surface area contributed by atoms with Crippen LogP contribution < -0.4 is 10.4 Å². The van der Waals surface area contributed by atoms with Crippen molar-refractivity contribution in [1.29, 1.82) is 0 Å². The first-order valence-electron chi connectivity index (χ1n) is 13.0. The highest BCUT2D eigenvalue weighted by molar-refractivity contribution is 8.54. The maximum atomic E-state index is 13.2. The minimum Gasteiger partial charge on any atom is -0.298 e. The third kappa shape index (κ3) is 9.78. The maximum absolute atomic E-state index is 13.2. The van der Waals surface area contributed by atoms with Gasteiger partial charge in [-0.1, -0.05) is 71.5 Å². The molecule has 6 nitrogen and oxygen atoms in total. The van der Waals surface area contributed by atoms with Crippen molar-refractivity contribution in [3.8, 4) is 0 Å². The van der Waals surface area contributed by atoms with Gasteiger partial charge in [0.1, 0.15) is 32.4 Å². The molecule has 0 amide bonds. The van der Waals surface area contributed by atoms with E-state index < -0.39 is 14.9 Å². The smallest absolute Gasteiger partial charge is 0.298 e. The van der Waals surface area contributed by atoms with E-state index in [1.807, 2.05) is 82.3 Å². The second-order valence-electron chi connectivity index (χ2n) is 9.95. The van der Waals surface area contributed by atoms with E-state index in [4.69, 9.17) is 9.05 Å². The standard InChI is InChI=1S/C16H15F2N3Si.C13H21O3PS/c1-22(12-21-11-19-10-20-21,15-6-2-13(17)3-7-15)16-8-4-14(18)5-9-16;1-11(2)15-17(14,16-12(3)4)18-10-13-8-6-5-7-9-13/h2-11H,12H2,1H3;5-9,11-12H,10H2,1-4H3. The molecular weight excluding hydrogens is 567 g/mol. The van der Waals surface area contributed by atoms with E-state index in [9.17, 15) is 13.3 Å². The van der Waals surface area contributed by atoms with Gasteiger partial charge in [-0.05, 0) is 68.9 Å². The molecule has 0 bridgehead atoms. The molecule has 3 aromatic carbocycles. The Morgan fingerprint density at radius 3 is 1.77 bits per heavy atom. The Labute approximate surface area is 240 Å². The number of nitrogens with zero attached hydrogens (tertiary/aromatic N) is 3. The Balaban J connectivity index is 0.000000226. The summed E-state index contributed by atoms with van der Waals surface area (Å²) in [5, 5.41) is 6.31. The lowest BCUT2D eigenvalue weighted by atomic mass is 10.2. The molecule has 0 aliphatic carbocycles. The van der Waals surface area contributed by atoms with Crippen LogP contribution in [0.15, 0.2) is 91.5 Å². The van der Waals surface area contributed by atoms with Gasteiger partial charge in [-0.15, -0.1) is 0 Å². The van der Waals surface area contributed by atoms with Gasteiger partial charge in [0.25, 0.3) is 0 Å². The highest BCUT2D eigenvalue weighted by atomic mass is 32.7. The van der Waals surface area contributed by atoms with Gasteiger partial charge in [0.05, 0.1) is 12.2 Å². The van der Waals surface area contributed by atoms with Crippen molar-refractivity contribution in [2.45, 2.75) is 58.4 Å². The summed E-state index contributed by atoms with van der Waals surface area (Å²) in [6.07, 6.45) is 3.59. The summed E-state index contributed by atoms with van der Waals surface area (Å²) < 4.78 is 51.7. The summed E-state index contributed by atoms with van der Waals surface area (Å²) in [5.74, 6) is 0.0947. The summed E-state index contributed by atoms with van der Waals surface area (Å²) in [4.78, 5) is 3.98. The first kappa shape index (κ1) is 31.9. The van der Waals surface area contributed by atoms with Crippen LogP contribution in [-0.4, -0.2) is 35.0 Å². The summed E-state index contributed by atoms with van der Waals surface area (Å²) in [5.41, 5.74) is 1.11. The molecule has 0 saturated carbocycles. The van der Waals surface area contributed by atoms with Gasteiger partial charge in [-0.3, -0.25) is 13.7 Å². The van der Waals surface area contributed by atoms with Crippen molar-refractivity contribution in [3.63, 3.8) is 0 Å². The van der Waals surface area contributed by atoms with Gasteiger partial charge in [0, 0.05) is 11.9 Å². The molecule has 0 aliphatic heterocycles. The monoisotopic (exact) mass is 603 g/mol. The molecule has 1 aromatic heterocycles. The van der Waals surface area contributed by atoms with Crippen molar-refractivity contribution in [2.24, 2.45) is 0 Å². The molecule has 0 radical (unpaired) electrons. The van der Waals surface area contributed by atoms with Gasteiger partial charge < -0.3 is 0 Å². The molecule has 0 unspecified atom stereocenters. The van der Waals surface area contributed by atoms with Crippen molar-refractivity contribution in [2.75, 3.05) is 0 Å². The third-order valence-corrected chi connectivity index (χ3v) is 14.0. The van der Waals surface area contributed by atoms with Crippen LogP contribution in [0.1, 0.15) is 33.3 Å². The third-order valence-electron chi connectivity index (χ3n) is 5.82. The summed E-state index contributed by atoms with van der Waals surface area (Å²) >= 11 is 1.24. The van der Waals surface area contributed by atoms with Crippen LogP contribution in [0.3, 0.4) is 0 Å². The number of halogens is 2. The fourth-order valence-corrected chi connectivity index (χ4v) is 11.3. The van der Waals surface area contributed by atoms with Crippen LogP contribution >= 0.6 is 18.2 Å². The average molecular weight is 604 g/mol. The molecule has 4 rings (SSSR count). The molecule has 0 spiro atoms. The predicted octanol–water partition coefficient (Wildman–Crippen LogP) is 6.87. The highest BCUT2D eigenvalue weighted by Crippen LogP contribution is 2.63. The van der Waals surface area contributed by atoms with Gasteiger partial charge in [-0.25, -0.2) is 18.3 Å². The zero-order valence-corrected chi connectivity index (χ0v) is 26.1. The Morgan fingerprint density at radius 2 is 1.35 bits per heavy atom. The van der Waals surface area contributed by atoms with E-state index in [0.29, 0.717) is 11.9 Å². The molecular formula is C29H36F2N3O3PSSi. The van der Waals surface area contributed by atoms with Gasteiger partial charge in [-0.2, -0.15) is 5.10 Å². The number of hydrogen-bond acceptors (Lipinski definition) is 6. The molecule has 214 valence electrons. The Hall–Kier alpha value is -2.62. The van der Waals surface area contributed by atoms with E-state index in [1.54, 1.807) is 11.0 Å². The lowest BCUT2D eigenvalue weighted by molar-refractivity contribution is 0.156. The van der Waals surface area contributed by atoms with Gasteiger partial charge in [0.15, 0.2) is 0 Å². The maximum Gasteiger partial charge on any atom is 0.389 e. The van der Waals surface area contributed by atoms with Crippen LogP contribution in [-0.2, 0) is 25.5 Å². The largest absolute Gasteiger partial charge is 0.389 e. The molecule has 40 heavy (non-hydrogen) atoms. The van der Waals surface area contributed by atoms with Crippen molar-refractivity contribution in [3.05, 3.63) is 109 Å². The molecule has 0 N–H and O–H groups in total. The molecule has 1 heterocycles. The van der Waals surface area contributed by atoms with Crippen LogP contribution in [0.4, 0.5) is 8.78 Å². The summed E-state index contributed by atoms with van der Waals surface area (Å²) in [6.45, 7) is 6.52. The minimum atomic E-state index is -3.08. The quantitative estimate of drug-likeness (QED) is 0.138. The number of aromatic nitrogens is 3. The molecule has 4 aromatic rings. The molecule has 0 atom stereocenters. The topological polar surface area (TPSA) is 66.2 Å². The van der Waals surface area contributed by atoms with E-state index in [1.165, 1.54) is 42.0 Å². The molecule has 0 fully saturated rings. The lowest BCUT2D eigenvalue weighted by Gasteiger charge is -2.28. The Bertz CT molecular complexity index is 1280. The van der Waals surface area contributed by atoms with E-state index in [0.717, 1.165) is 15.9 Å². The number of hydrogen-bond donors (Lipinski definition) is 0. The second-order valence-corrected chi connectivity index (χ2v) is 18.1. The molecule has 0 saturated heterocycles. The lowest BCUT2D eigenvalue weighted by Crippen LogP contribution is -2.59. The average Bonchev–Trinajstić information content (AvgIpc) is 3.41. The van der Waals surface area contributed by atoms with E-state index in [-0.39, 0.29) is 23.8 Å². The first-order valence-corrected chi connectivity index (χ1v) is 18.8. The van der Waals surface area contributed by atoms with Crippen LogP contribution in [0.25, 0.3) is 0 Å². The first-order chi connectivity index (χ1) is 19.0. The van der Waals surface area contributed by atoms with Crippen molar-refractivity contribution >= 4 is 36.6 Å². The SMILES string of the molecule is CC(C)OP(=O)(OC(C)C)SCc1ccccc1.C[Si](Cn1cncn1)(c1ccc(F)cc1)c1ccc(F)cc1. The number of benzene rings is 3. The van der Waals surface area contributed by atoms with E-state index in [2.05, 4.69) is 16.6 Å². The zero-order valence-electron chi connectivity index (χ0n) is 23.4. The van der Waals surface area contributed by atoms with E-state index >= 15 is 0 Å². The molecule has 0 aliphatic rings. The van der Waals surface area contributed by atoms with Gasteiger partial charge in [0.2, 0.25) is 0 Å². The predicted molar refractivity (Wildman–Crippen MR) is 161 cm³/mol. The normalized spacial score (nSPS) is 11.9. The fraction of sp³-hybridized carbons (Fsp3) is 0.310. The zero-order chi connectivity index (χ0) is 29.2. The van der Waals surface area contributed by atoms with Crippen LogP contribution in [0.2, 0.25) is 6.55 Å². The Morgan fingerprint density at radius 1 is 0.850 bits per heavy atom. The summed E-state index contributed by atoms with van der Waals surface area (Å²) in [6, 6.07) is 23.0. The minimum absolute atomic E-state index is 0.113. The molecule has 11 heteroatoms. The summed E-state index contributed by atoms with van der Waals surface area (Å²) in [7, 11) is -2.22. The van der Waals surface area contributed by atoms with Gasteiger partial charge >= 0.3 is 6.80 Å². The highest BCUT2D eigenvalue weighted by Gasteiger charge is 2.33. The number of rotatable bonds is 11.